The molecule has 0 spiro atoms. The maximum atomic E-state index is 15.6. The van der Waals surface area contributed by atoms with Crippen LogP contribution in [0.25, 0.3) is 0 Å². The molecule has 9 heteroatoms. The van der Waals surface area contributed by atoms with E-state index in [1.807, 2.05) is 26.8 Å². The van der Waals surface area contributed by atoms with Crippen molar-refractivity contribution < 1.29 is 31.9 Å². The van der Waals surface area contributed by atoms with E-state index in [1.54, 1.807) is 24.3 Å². The molecule has 47 heavy (non-hydrogen) atoms. The van der Waals surface area contributed by atoms with Crippen molar-refractivity contribution in [3.05, 3.63) is 42.5 Å². The molecule has 1 aliphatic carbocycles. The lowest BCUT2D eigenvalue weighted by Crippen LogP contribution is -2.43. The fraction of sp³-hybridized carbons (Fsp3) is 0.763. The monoisotopic (exact) mass is 696 g/mol. The number of esters is 1. The number of hydrogen-bond acceptors (Lipinski definition) is 5. The molecular formula is C38H66F2O5Si2. The second kappa shape index (κ2) is 20.2. The highest BCUT2D eigenvalue weighted by atomic mass is 28.4. The Morgan fingerprint density at radius 1 is 0.872 bits per heavy atom. The first-order valence-electron chi connectivity index (χ1n) is 18.6. The molecule has 270 valence electrons. The van der Waals surface area contributed by atoms with Gasteiger partial charge in [0.05, 0.1) is 18.3 Å². The van der Waals surface area contributed by atoms with Crippen molar-refractivity contribution in [3.63, 3.8) is 0 Å². The van der Waals surface area contributed by atoms with Crippen molar-refractivity contribution in [3.8, 4) is 5.75 Å². The number of para-hydroxylation sites is 1. The normalized spacial score (nSPS) is 21.4. The van der Waals surface area contributed by atoms with Crippen LogP contribution in [0, 0.1) is 17.8 Å². The van der Waals surface area contributed by atoms with Gasteiger partial charge >= 0.3 is 5.97 Å². The molecule has 5 atom stereocenters. The van der Waals surface area contributed by atoms with E-state index in [2.05, 4.69) is 53.7 Å². The Hall–Kier alpha value is -1.56. The van der Waals surface area contributed by atoms with Gasteiger partial charge < -0.3 is 18.3 Å². The van der Waals surface area contributed by atoms with Gasteiger partial charge in [-0.25, -0.2) is 8.78 Å². The van der Waals surface area contributed by atoms with Gasteiger partial charge in [0.25, 0.3) is 5.92 Å². The zero-order chi connectivity index (χ0) is 35.1. The maximum Gasteiger partial charge on any atom is 0.306 e. The first-order valence-corrected chi connectivity index (χ1v) is 23.6. The molecular weight excluding hydrogens is 631 g/mol. The number of hydrogen-bond donors (Lipinski definition) is 0. The highest BCUT2D eigenvalue weighted by Crippen LogP contribution is 2.48. The first kappa shape index (κ1) is 41.6. The van der Waals surface area contributed by atoms with Crippen LogP contribution in [0.15, 0.2) is 42.5 Å². The van der Waals surface area contributed by atoms with Crippen LogP contribution in [0.1, 0.15) is 101 Å². The van der Waals surface area contributed by atoms with Crippen LogP contribution in [-0.4, -0.2) is 53.4 Å². The summed E-state index contributed by atoms with van der Waals surface area (Å²) in [6, 6.07) is 15.1. The summed E-state index contributed by atoms with van der Waals surface area (Å²) in [5, 5.41) is 0. The van der Waals surface area contributed by atoms with E-state index in [4.69, 9.17) is 18.3 Å². The zero-order valence-corrected chi connectivity index (χ0v) is 33.0. The minimum absolute atomic E-state index is 0.0175. The highest BCUT2D eigenvalue weighted by Gasteiger charge is 2.52. The number of rotatable bonds is 23. The molecule has 3 unspecified atom stereocenters. The summed E-state index contributed by atoms with van der Waals surface area (Å²) in [6.07, 6.45) is 7.27. The average Bonchev–Trinajstić information content (AvgIpc) is 3.38. The summed E-state index contributed by atoms with van der Waals surface area (Å²) < 4.78 is 56.6. The van der Waals surface area contributed by atoms with Crippen LogP contribution < -0.4 is 4.74 Å². The third-order valence-electron chi connectivity index (χ3n) is 10.7. The molecule has 0 N–H and O–H groups in total. The number of ether oxygens (including phenoxy) is 2. The van der Waals surface area contributed by atoms with Crippen molar-refractivity contribution in [1.82, 2.24) is 0 Å². The molecule has 1 aromatic carbocycles. The van der Waals surface area contributed by atoms with Gasteiger partial charge in [-0.1, -0.05) is 78.8 Å². The van der Waals surface area contributed by atoms with Crippen LogP contribution in [-0.2, 0) is 18.4 Å². The van der Waals surface area contributed by atoms with E-state index in [0.717, 1.165) is 61.9 Å². The number of unbranched alkanes of at least 4 members (excludes halogenated alkanes) is 1. The van der Waals surface area contributed by atoms with Gasteiger partial charge in [-0.2, -0.15) is 0 Å². The quantitative estimate of drug-likeness (QED) is 0.0493. The predicted octanol–water partition coefficient (Wildman–Crippen LogP) is 11.2. The van der Waals surface area contributed by atoms with Gasteiger partial charge in [-0.05, 0) is 106 Å². The molecule has 1 aliphatic rings. The summed E-state index contributed by atoms with van der Waals surface area (Å²) in [6.45, 7) is 18.5. The van der Waals surface area contributed by atoms with E-state index in [-0.39, 0.29) is 48.5 Å². The van der Waals surface area contributed by atoms with Gasteiger partial charge in [0.15, 0.2) is 23.2 Å². The van der Waals surface area contributed by atoms with Crippen LogP contribution >= 0.6 is 0 Å². The zero-order valence-electron chi connectivity index (χ0n) is 31.0. The van der Waals surface area contributed by atoms with Crippen LogP contribution in [0.5, 0.6) is 5.75 Å². The number of benzene rings is 1. The Bertz CT molecular complexity index is 1030. The van der Waals surface area contributed by atoms with Crippen molar-refractivity contribution in [2.45, 2.75) is 161 Å². The van der Waals surface area contributed by atoms with Crippen molar-refractivity contribution >= 4 is 22.6 Å². The molecule has 0 amide bonds. The van der Waals surface area contributed by atoms with E-state index in [9.17, 15) is 4.79 Å². The van der Waals surface area contributed by atoms with Gasteiger partial charge in [0.2, 0.25) is 0 Å². The lowest BCUT2D eigenvalue weighted by Gasteiger charge is -2.38. The highest BCUT2D eigenvalue weighted by molar-refractivity contribution is 6.74. The molecule has 1 saturated carbocycles. The summed E-state index contributed by atoms with van der Waals surface area (Å²) >= 11 is 0. The Morgan fingerprint density at radius 2 is 1.43 bits per heavy atom. The molecule has 5 nitrogen and oxygen atoms in total. The molecule has 0 bridgehead atoms. The number of carbonyl (C=O) groups excluding carboxylic acids is 1. The smallest absolute Gasteiger partial charge is 0.306 e. The van der Waals surface area contributed by atoms with E-state index in [1.165, 1.54) is 0 Å². The van der Waals surface area contributed by atoms with Crippen molar-refractivity contribution in [2.24, 2.45) is 17.8 Å². The van der Waals surface area contributed by atoms with Gasteiger partial charge in [0, 0.05) is 12.8 Å². The number of carbonyl (C=O) groups is 1. The standard InChI is InChI=1S/C38H66F2O5Si2/c1-10-46(11-2,12-3)44-34-27-35(45-47(13-4,14-5)15-6)37(33(34)25-21-16-17-22-26-36(41)43-30(7)8)31(9)28-38(39,40)29-42-32-23-19-18-20-24-32/h16,18-21,23-24,30-31,33-35,37H,10-15,17,22,25-29H2,1-9H3/b21-16-/t31?,33-,34?,35?,37+/m0/s1. The number of allylic oxidation sites excluding steroid dienone is 2. The molecule has 0 saturated heterocycles. The third-order valence-corrected chi connectivity index (χ3v) is 20.0. The molecule has 1 aromatic rings. The van der Waals surface area contributed by atoms with Gasteiger partial charge in [0.1, 0.15) is 5.75 Å². The Kier molecular flexibility index (Phi) is 17.9. The number of halogens is 2. The van der Waals surface area contributed by atoms with Gasteiger partial charge in [-0.3, -0.25) is 4.79 Å². The van der Waals surface area contributed by atoms with Crippen LogP contribution in [0.3, 0.4) is 0 Å². The van der Waals surface area contributed by atoms with Crippen molar-refractivity contribution in [1.29, 1.82) is 0 Å². The van der Waals surface area contributed by atoms with E-state index < -0.39 is 29.2 Å². The number of alkyl halides is 2. The maximum absolute atomic E-state index is 15.6. The molecule has 0 aromatic heterocycles. The molecule has 0 radical (unpaired) electrons. The molecule has 2 rings (SSSR count). The largest absolute Gasteiger partial charge is 0.487 e. The summed E-state index contributed by atoms with van der Waals surface area (Å²) in [5.41, 5.74) is 0. The second-order valence-electron chi connectivity index (χ2n) is 14.1. The Morgan fingerprint density at radius 3 is 1.96 bits per heavy atom. The first-order chi connectivity index (χ1) is 22.3. The van der Waals surface area contributed by atoms with E-state index in [0.29, 0.717) is 12.2 Å². The third kappa shape index (κ3) is 13.0. The van der Waals surface area contributed by atoms with Crippen molar-refractivity contribution in [2.75, 3.05) is 6.61 Å². The summed E-state index contributed by atoms with van der Waals surface area (Å²) in [4.78, 5) is 12.0. The fourth-order valence-corrected chi connectivity index (χ4v) is 13.3. The SMILES string of the molecule is CC[Si](CC)(CC)OC1CC(O[Si](CC)(CC)CC)[C@H](C/C=C\CCCC(=O)OC(C)C)[C@H]1C(C)CC(F)(F)COc1ccccc1. The fourth-order valence-electron chi connectivity index (χ4n) is 7.52. The average molecular weight is 697 g/mol. The predicted molar refractivity (Wildman–Crippen MR) is 195 cm³/mol. The minimum Gasteiger partial charge on any atom is -0.487 e. The summed E-state index contributed by atoms with van der Waals surface area (Å²) in [5.74, 6) is -2.95. The lowest BCUT2D eigenvalue weighted by atomic mass is 9.78. The minimum atomic E-state index is -2.98. The Balaban J connectivity index is 2.38. The molecule has 1 fully saturated rings. The lowest BCUT2D eigenvalue weighted by molar-refractivity contribution is -0.147. The molecule has 0 heterocycles. The van der Waals surface area contributed by atoms with Gasteiger partial charge in [-0.15, -0.1) is 0 Å². The Labute approximate surface area is 287 Å². The van der Waals surface area contributed by atoms with E-state index >= 15 is 8.78 Å². The van der Waals surface area contributed by atoms with Crippen LogP contribution in [0.4, 0.5) is 8.78 Å². The second-order valence-corrected chi connectivity index (χ2v) is 23.5. The molecule has 0 aliphatic heterocycles. The van der Waals surface area contributed by atoms with Crippen LogP contribution in [0.2, 0.25) is 36.3 Å². The summed E-state index contributed by atoms with van der Waals surface area (Å²) in [7, 11) is -3.99. The topological polar surface area (TPSA) is 54.0 Å².